The van der Waals surface area contributed by atoms with Crippen LogP contribution in [0.1, 0.15) is 29.0 Å². The number of amides is 1. The Morgan fingerprint density at radius 3 is 2.83 bits per heavy atom. The van der Waals surface area contributed by atoms with Crippen molar-refractivity contribution in [2.45, 2.75) is 26.0 Å². The molecular weight excluding hydrogens is 482 g/mol. The molecule has 1 amide bonds. The summed E-state index contributed by atoms with van der Waals surface area (Å²) >= 11 is 7.88. The summed E-state index contributed by atoms with van der Waals surface area (Å²) in [5.41, 5.74) is 9.50. The molecular formula is C26H28ClN5O2S. The minimum atomic E-state index is -0.398. The van der Waals surface area contributed by atoms with E-state index in [0.29, 0.717) is 10.8 Å². The zero-order valence-corrected chi connectivity index (χ0v) is 21.1. The van der Waals surface area contributed by atoms with Crippen molar-refractivity contribution < 1.29 is 9.53 Å². The number of halogens is 1. The molecule has 35 heavy (non-hydrogen) atoms. The van der Waals surface area contributed by atoms with Gasteiger partial charge in [-0.25, -0.2) is 4.98 Å². The summed E-state index contributed by atoms with van der Waals surface area (Å²) in [6.07, 6.45) is 3.84. The lowest BCUT2D eigenvalue weighted by molar-refractivity contribution is -0.117. The van der Waals surface area contributed by atoms with E-state index in [1.165, 1.54) is 16.9 Å². The van der Waals surface area contributed by atoms with Crippen LogP contribution in [0, 0.1) is 0 Å². The summed E-state index contributed by atoms with van der Waals surface area (Å²) in [6, 6.07) is 13.8. The van der Waals surface area contributed by atoms with Crippen LogP contribution in [-0.2, 0) is 17.8 Å². The number of fused-ring (bicyclic) bond motifs is 1. The number of piperazine rings is 1. The molecule has 3 N–H and O–H groups in total. The predicted molar refractivity (Wildman–Crippen MR) is 140 cm³/mol. The normalized spacial score (nSPS) is 15.4. The molecule has 1 aromatic carbocycles. The highest BCUT2D eigenvalue weighted by atomic mass is 35.5. The van der Waals surface area contributed by atoms with Gasteiger partial charge in [0.05, 0.1) is 28.1 Å². The maximum absolute atomic E-state index is 11.8. The molecule has 5 rings (SSSR count). The Balaban J connectivity index is 1.46. The lowest BCUT2D eigenvalue weighted by atomic mass is 10.1. The number of benzene rings is 1. The Labute approximate surface area is 213 Å². The molecule has 1 atom stereocenters. The number of pyridine rings is 1. The van der Waals surface area contributed by atoms with Crippen molar-refractivity contribution in [3.05, 3.63) is 75.9 Å². The molecule has 0 unspecified atom stereocenters. The zero-order chi connectivity index (χ0) is 24.4. The summed E-state index contributed by atoms with van der Waals surface area (Å²) in [5, 5.41) is 4.04. The van der Waals surface area contributed by atoms with Crippen molar-refractivity contribution >= 4 is 34.5 Å². The van der Waals surface area contributed by atoms with Crippen LogP contribution in [0.4, 0.5) is 0 Å². The number of nitrogens with two attached hydrogens (primary N) is 1. The number of hydrogen-bond donors (Lipinski definition) is 2. The summed E-state index contributed by atoms with van der Waals surface area (Å²) in [4.78, 5) is 20.6. The molecule has 0 aliphatic carbocycles. The van der Waals surface area contributed by atoms with Gasteiger partial charge in [0.2, 0.25) is 5.91 Å². The third kappa shape index (κ3) is 5.36. The molecule has 1 saturated heterocycles. The van der Waals surface area contributed by atoms with E-state index in [2.05, 4.69) is 37.9 Å². The number of ether oxygens (including phenoxy) is 1. The fourth-order valence-electron chi connectivity index (χ4n) is 4.41. The smallest absolute Gasteiger partial charge is 0.222 e. The molecule has 4 heterocycles. The number of nitrogens with zero attached hydrogens (tertiary/aromatic N) is 3. The van der Waals surface area contributed by atoms with Crippen LogP contribution in [-0.4, -0.2) is 46.4 Å². The summed E-state index contributed by atoms with van der Waals surface area (Å²) < 4.78 is 8.41. The van der Waals surface area contributed by atoms with E-state index in [1.807, 2.05) is 43.5 Å². The average molecular weight is 510 g/mol. The average Bonchev–Trinajstić information content (AvgIpc) is 3.43. The molecule has 0 saturated carbocycles. The largest absolute Gasteiger partial charge is 0.485 e. The molecule has 7 nitrogen and oxygen atoms in total. The van der Waals surface area contributed by atoms with Crippen molar-refractivity contribution in [1.82, 2.24) is 19.6 Å². The number of nitrogens with one attached hydrogen (secondary N) is 1. The van der Waals surface area contributed by atoms with Crippen molar-refractivity contribution in [2.24, 2.45) is 5.73 Å². The van der Waals surface area contributed by atoms with E-state index in [0.717, 1.165) is 59.4 Å². The second-order valence-corrected chi connectivity index (χ2v) is 10.3. The topological polar surface area (TPSA) is 84.9 Å². The van der Waals surface area contributed by atoms with Crippen LogP contribution in [0.15, 0.2) is 54.9 Å². The SMILES string of the molecule is C[C@@H](Oc1cc(-c2cnc3ccc(CN4CCNCC4)cn23)sc1CC(N)=O)c1ccccc1Cl. The van der Waals surface area contributed by atoms with E-state index in [-0.39, 0.29) is 12.5 Å². The van der Waals surface area contributed by atoms with E-state index >= 15 is 0 Å². The lowest BCUT2D eigenvalue weighted by Gasteiger charge is -2.27. The Morgan fingerprint density at radius 1 is 1.26 bits per heavy atom. The molecule has 182 valence electrons. The van der Waals surface area contributed by atoms with Crippen LogP contribution in [0.2, 0.25) is 5.02 Å². The van der Waals surface area contributed by atoms with Gasteiger partial charge < -0.3 is 15.8 Å². The standard InChI is InChI=1S/C26H28ClN5O2S/c1-17(19-4-2-3-5-20(19)27)34-22-12-23(35-24(22)13-25(28)33)21-14-30-26-7-6-18(16-32(21)26)15-31-10-8-29-9-11-31/h2-7,12,14,16-17,29H,8-11,13,15H2,1H3,(H2,28,33)/t17-/m1/s1. The van der Waals surface area contributed by atoms with Crippen molar-refractivity contribution in [3.63, 3.8) is 0 Å². The van der Waals surface area contributed by atoms with Gasteiger partial charge in [-0.3, -0.25) is 14.1 Å². The van der Waals surface area contributed by atoms with Gasteiger partial charge in [0.1, 0.15) is 17.5 Å². The first kappa shape index (κ1) is 23.8. The highest BCUT2D eigenvalue weighted by molar-refractivity contribution is 7.15. The first-order valence-electron chi connectivity index (χ1n) is 11.7. The first-order valence-corrected chi connectivity index (χ1v) is 12.9. The minimum absolute atomic E-state index is 0.111. The van der Waals surface area contributed by atoms with Crippen molar-refractivity contribution in [2.75, 3.05) is 26.2 Å². The molecule has 9 heteroatoms. The third-order valence-corrected chi connectivity index (χ3v) is 7.67. The van der Waals surface area contributed by atoms with Crippen LogP contribution < -0.4 is 15.8 Å². The number of imidazole rings is 1. The molecule has 0 spiro atoms. The summed E-state index contributed by atoms with van der Waals surface area (Å²) in [7, 11) is 0. The van der Waals surface area contributed by atoms with E-state index < -0.39 is 5.91 Å². The van der Waals surface area contributed by atoms with Gasteiger partial charge in [0.25, 0.3) is 0 Å². The summed E-state index contributed by atoms with van der Waals surface area (Å²) in [5.74, 6) is 0.244. The van der Waals surface area contributed by atoms with E-state index in [9.17, 15) is 4.79 Å². The van der Waals surface area contributed by atoms with Gasteiger partial charge in [0.15, 0.2) is 0 Å². The zero-order valence-electron chi connectivity index (χ0n) is 19.5. The molecule has 0 bridgehead atoms. The fraction of sp³-hybridized carbons (Fsp3) is 0.308. The van der Waals surface area contributed by atoms with Crippen molar-refractivity contribution in [3.8, 4) is 16.3 Å². The van der Waals surface area contributed by atoms with Gasteiger partial charge in [0, 0.05) is 55.6 Å². The highest BCUT2D eigenvalue weighted by Gasteiger charge is 2.20. The molecule has 1 aliphatic rings. The Bertz CT molecular complexity index is 1340. The molecule has 3 aromatic heterocycles. The number of carbonyl (C=O) groups is 1. The van der Waals surface area contributed by atoms with E-state index in [1.54, 1.807) is 0 Å². The molecule has 0 radical (unpaired) electrons. The van der Waals surface area contributed by atoms with Gasteiger partial charge in [-0.1, -0.05) is 35.9 Å². The number of primary amides is 1. The number of thiophene rings is 1. The second kappa shape index (κ2) is 10.4. The second-order valence-electron chi connectivity index (χ2n) is 8.76. The molecule has 1 fully saturated rings. The number of aromatic nitrogens is 2. The van der Waals surface area contributed by atoms with Crippen LogP contribution in [0.5, 0.6) is 5.75 Å². The van der Waals surface area contributed by atoms with Gasteiger partial charge in [-0.2, -0.15) is 0 Å². The highest BCUT2D eigenvalue weighted by Crippen LogP contribution is 2.39. The maximum atomic E-state index is 11.8. The minimum Gasteiger partial charge on any atom is -0.485 e. The summed E-state index contributed by atoms with van der Waals surface area (Å²) in [6.45, 7) is 6.97. The van der Waals surface area contributed by atoms with Gasteiger partial charge in [-0.05, 0) is 24.6 Å². The van der Waals surface area contributed by atoms with Crippen LogP contribution in [0.3, 0.4) is 0 Å². The van der Waals surface area contributed by atoms with Gasteiger partial charge >= 0.3 is 0 Å². The van der Waals surface area contributed by atoms with Gasteiger partial charge in [-0.15, -0.1) is 11.3 Å². The molecule has 4 aromatic rings. The van der Waals surface area contributed by atoms with Crippen LogP contribution in [0.25, 0.3) is 16.2 Å². The maximum Gasteiger partial charge on any atom is 0.222 e. The number of rotatable bonds is 8. The molecule has 1 aliphatic heterocycles. The van der Waals surface area contributed by atoms with Crippen LogP contribution >= 0.6 is 22.9 Å². The third-order valence-electron chi connectivity index (χ3n) is 6.19. The Hall–Kier alpha value is -2.91. The number of carbonyl (C=O) groups excluding carboxylic acids is 1. The Morgan fingerprint density at radius 2 is 2.06 bits per heavy atom. The fourth-order valence-corrected chi connectivity index (χ4v) is 5.80. The first-order chi connectivity index (χ1) is 17.0. The Kier molecular flexibility index (Phi) is 7.06. The monoisotopic (exact) mass is 509 g/mol. The number of hydrogen-bond acceptors (Lipinski definition) is 6. The predicted octanol–water partition coefficient (Wildman–Crippen LogP) is 4.29. The quantitative estimate of drug-likeness (QED) is 0.370. The lowest BCUT2D eigenvalue weighted by Crippen LogP contribution is -2.42. The van der Waals surface area contributed by atoms with Crippen molar-refractivity contribution in [1.29, 1.82) is 0 Å². The van der Waals surface area contributed by atoms with E-state index in [4.69, 9.17) is 22.1 Å².